The molecule has 4 unspecified atom stereocenters. The van der Waals surface area contributed by atoms with E-state index in [0.29, 0.717) is 17.9 Å². The van der Waals surface area contributed by atoms with Crippen molar-refractivity contribution >= 4 is 82.8 Å². The van der Waals surface area contributed by atoms with Crippen LogP contribution in [0.3, 0.4) is 0 Å². The summed E-state index contributed by atoms with van der Waals surface area (Å²) in [7, 11) is 0. The first-order chi connectivity index (χ1) is 36.0. The second-order valence-electron chi connectivity index (χ2n) is 20.1. The van der Waals surface area contributed by atoms with E-state index in [-0.39, 0.29) is 12.0 Å². The van der Waals surface area contributed by atoms with E-state index >= 15 is 0 Å². The molecule has 4 heterocycles. The maximum atomic E-state index is 11.6. The van der Waals surface area contributed by atoms with Crippen LogP contribution in [0.1, 0.15) is 42.0 Å². The van der Waals surface area contributed by atoms with E-state index in [1.54, 1.807) is 0 Å². The highest BCUT2D eigenvalue weighted by molar-refractivity contribution is 6.20. The highest BCUT2D eigenvalue weighted by Crippen LogP contribution is 2.47. The van der Waals surface area contributed by atoms with Crippen molar-refractivity contribution < 1.29 is 0 Å². The quantitative estimate of drug-likeness (QED) is 0.173. The summed E-state index contributed by atoms with van der Waals surface area (Å²) in [6, 6.07) is 59.3. The van der Waals surface area contributed by atoms with Crippen molar-refractivity contribution in [2.45, 2.75) is 45.3 Å². The normalized spacial score (nSPS) is 20.0. The average molecular weight is 942 g/mol. The molecule has 73 heavy (non-hydrogen) atoms. The summed E-state index contributed by atoms with van der Waals surface area (Å²) in [6.07, 6.45) is 19.7. The number of hydrogen-bond donors (Lipinski definition) is 1. The molecular formula is C66H51N7. The third-order valence-corrected chi connectivity index (χ3v) is 15.7. The zero-order valence-electron chi connectivity index (χ0n) is 40.7. The lowest BCUT2D eigenvalue weighted by atomic mass is 9.85. The molecule has 0 saturated heterocycles. The summed E-state index contributed by atoms with van der Waals surface area (Å²) in [4.78, 5) is 11.2. The second kappa shape index (κ2) is 17.1. The molecule has 14 rings (SSSR count). The van der Waals surface area contributed by atoms with Crippen LogP contribution in [0, 0.1) is 37.0 Å². The number of fused-ring (bicyclic) bond motifs is 9. The number of amidine groups is 2. The first-order valence-corrected chi connectivity index (χ1v) is 25.5. The van der Waals surface area contributed by atoms with Gasteiger partial charge in [0.25, 0.3) is 0 Å². The van der Waals surface area contributed by atoms with Crippen LogP contribution >= 0.6 is 0 Å². The Bertz CT molecular complexity index is 4190. The smallest absolute Gasteiger partial charge is 0.167 e. The topological polar surface area (TPSA) is 75.3 Å². The Hall–Kier alpha value is -8.99. The minimum absolute atomic E-state index is 0.0224. The minimum atomic E-state index is -0.614. The predicted octanol–water partition coefficient (Wildman–Crippen LogP) is 15.3. The van der Waals surface area contributed by atoms with Gasteiger partial charge in [0, 0.05) is 84.1 Å². The summed E-state index contributed by atoms with van der Waals surface area (Å²) in [5, 5.41) is 22.4. The fraction of sp³-hybridized carbons (Fsp3) is 0.136. The molecule has 3 aromatic heterocycles. The van der Waals surface area contributed by atoms with E-state index in [0.717, 1.165) is 96.3 Å². The molecule has 10 aromatic rings. The molecule has 0 bridgehead atoms. The number of allylic oxidation sites excluding steroid dienone is 10. The number of para-hydroxylation sites is 3. The number of aliphatic imine (C=N–C) groups is 2. The molecule has 7 heteroatoms. The van der Waals surface area contributed by atoms with Crippen LogP contribution < -0.4 is 5.32 Å². The van der Waals surface area contributed by atoms with E-state index in [4.69, 9.17) is 9.98 Å². The Morgan fingerprint density at radius 1 is 0.575 bits per heavy atom. The second-order valence-corrected chi connectivity index (χ2v) is 20.1. The van der Waals surface area contributed by atoms with Gasteiger partial charge in [0.1, 0.15) is 17.7 Å². The summed E-state index contributed by atoms with van der Waals surface area (Å²) >= 11 is 0. The van der Waals surface area contributed by atoms with Crippen molar-refractivity contribution in [2.75, 3.05) is 0 Å². The lowest BCUT2D eigenvalue weighted by Crippen LogP contribution is -2.42. The van der Waals surface area contributed by atoms with Crippen LogP contribution in [0.4, 0.5) is 0 Å². The van der Waals surface area contributed by atoms with Gasteiger partial charge in [-0.25, -0.2) is 9.98 Å². The summed E-state index contributed by atoms with van der Waals surface area (Å²) in [5.74, 6) is 2.06. The molecule has 3 aliphatic carbocycles. The van der Waals surface area contributed by atoms with Gasteiger partial charge in [-0.2, -0.15) is 5.26 Å². The molecular weight excluding hydrogens is 891 g/mol. The largest absolute Gasteiger partial charge is 0.333 e. The van der Waals surface area contributed by atoms with Crippen molar-refractivity contribution in [3.63, 3.8) is 0 Å². The molecule has 0 fully saturated rings. The van der Waals surface area contributed by atoms with E-state index in [2.05, 4.69) is 239 Å². The van der Waals surface area contributed by atoms with Crippen molar-refractivity contribution in [1.29, 1.82) is 5.26 Å². The monoisotopic (exact) mass is 941 g/mol. The molecule has 0 spiro atoms. The Morgan fingerprint density at radius 3 is 1.85 bits per heavy atom. The molecule has 7 aromatic carbocycles. The van der Waals surface area contributed by atoms with Crippen LogP contribution in [-0.4, -0.2) is 31.5 Å². The number of nitriles is 1. The Balaban J connectivity index is 1.01. The molecule has 0 amide bonds. The van der Waals surface area contributed by atoms with Gasteiger partial charge in [-0.3, -0.25) is 0 Å². The van der Waals surface area contributed by atoms with Crippen LogP contribution in [-0.2, 0) is 0 Å². The average Bonchev–Trinajstić information content (AvgIpc) is 4.07. The maximum Gasteiger partial charge on any atom is 0.167 e. The summed E-state index contributed by atoms with van der Waals surface area (Å²) in [5.41, 5.74) is 15.1. The van der Waals surface area contributed by atoms with Crippen LogP contribution in [0.25, 0.3) is 76.8 Å². The van der Waals surface area contributed by atoms with Crippen molar-refractivity contribution in [1.82, 2.24) is 19.0 Å². The fourth-order valence-corrected chi connectivity index (χ4v) is 12.2. The Labute approximate surface area is 423 Å². The van der Waals surface area contributed by atoms with Gasteiger partial charge in [0.2, 0.25) is 0 Å². The van der Waals surface area contributed by atoms with E-state index in [9.17, 15) is 5.26 Å². The number of aryl methyl sites for hydroxylation is 2. The Morgan fingerprint density at radius 2 is 1.21 bits per heavy atom. The first-order valence-electron chi connectivity index (χ1n) is 25.5. The van der Waals surface area contributed by atoms with Gasteiger partial charge in [0.05, 0.1) is 33.7 Å². The molecule has 4 aliphatic rings. The van der Waals surface area contributed by atoms with Gasteiger partial charge in [-0.05, 0) is 99.0 Å². The van der Waals surface area contributed by atoms with Crippen LogP contribution in [0.15, 0.2) is 233 Å². The molecule has 350 valence electrons. The van der Waals surface area contributed by atoms with Crippen LogP contribution in [0.5, 0.6) is 0 Å². The van der Waals surface area contributed by atoms with Crippen molar-refractivity contribution in [3.05, 3.63) is 240 Å². The van der Waals surface area contributed by atoms with Crippen molar-refractivity contribution in [3.8, 4) is 11.8 Å². The summed E-state index contributed by atoms with van der Waals surface area (Å²) < 4.78 is 7.30. The molecule has 7 nitrogen and oxygen atoms in total. The molecule has 1 aliphatic heterocycles. The zero-order valence-corrected chi connectivity index (χ0v) is 40.7. The lowest BCUT2D eigenvalue weighted by Gasteiger charge is -2.34. The number of aromatic nitrogens is 3. The fourth-order valence-electron chi connectivity index (χ4n) is 12.2. The maximum absolute atomic E-state index is 11.6. The van der Waals surface area contributed by atoms with Gasteiger partial charge < -0.3 is 19.0 Å². The highest BCUT2D eigenvalue weighted by atomic mass is 15.2. The van der Waals surface area contributed by atoms with Gasteiger partial charge in [-0.15, -0.1) is 0 Å². The van der Waals surface area contributed by atoms with Gasteiger partial charge in [0.15, 0.2) is 6.17 Å². The summed E-state index contributed by atoms with van der Waals surface area (Å²) in [6.45, 7) is 4.35. The third kappa shape index (κ3) is 7.00. The highest BCUT2D eigenvalue weighted by Gasteiger charge is 2.36. The van der Waals surface area contributed by atoms with E-state index in [1.165, 1.54) is 32.9 Å². The SMILES string of the molecule is Cc1ccc2c(c1)c1cc(C)ccc1n2C1CC(n2c3ccccc3c3cc4c(cc32)c2ccccc2n4-c2ccccc2)=C(C#N)C=C1C1N=C(c2ccccc2)NC(C2C=CC(C3C=CC=CC3)=CC2)=N1. The number of rotatable bonds is 7. The standard InChI is InChI=1S/C66H51N7/c1-41-26-32-58-51(34-41)52-35-42(2)27-33-59(52)72(58)63-39-60(73-57-25-15-13-23-50(57)54-37-61-53(38-62(54)73)49-22-12-14-24-56(49)71(61)48-20-10-5-11-21-48)47(40-67)36-55(63)66-69-64(45-18-8-4-9-19-45)68-65(70-66)46-30-28-44(29-31-46)43-16-6-3-7-17-43/h3-16,18-30,32-38,43,46,63,66H,17,31,39H2,1-2H3,(H,68,69,70). The molecule has 0 radical (unpaired) electrons. The first kappa shape index (κ1) is 42.9. The number of nitrogens with one attached hydrogen (secondary N) is 1. The lowest BCUT2D eigenvalue weighted by molar-refractivity contribution is 0.556. The Kier molecular flexibility index (Phi) is 10.0. The predicted molar refractivity (Wildman–Crippen MR) is 302 cm³/mol. The zero-order chi connectivity index (χ0) is 48.7. The number of benzene rings is 7. The molecule has 4 atom stereocenters. The number of hydrogen-bond acceptors (Lipinski definition) is 4. The minimum Gasteiger partial charge on any atom is -0.333 e. The van der Waals surface area contributed by atoms with Gasteiger partial charge in [-0.1, -0.05) is 151 Å². The van der Waals surface area contributed by atoms with E-state index in [1.807, 2.05) is 6.07 Å². The van der Waals surface area contributed by atoms with Gasteiger partial charge >= 0.3 is 0 Å². The van der Waals surface area contributed by atoms with E-state index < -0.39 is 6.17 Å². The van der Waals surface area contributed by atoms with Crippen LogP contribution in [0.2, 0.25) is 0 Å². The number of nitrogens with zero attached hydrogens (tertiary/aromatic N) is 6. The molecule has 0 saturated carbocycles. The molecule has 1 N–H and O–H groups in total. The van der Waals surface area contributed by atoms with Crippen molar-refractivity contribution in [2.24, 2.45) is 21.8 Å². The third-order valence-electron chi connectivity index (χ3n) is 15.7.